The molecular weight excluding hydrogens is 474 g/mol. The highest BCUT2D eigenvalue weighted by Crippen LogP contribution is 2.44. The molecule has 0 radical (unpaired) electrons. The van der Waals surface area contributed by atoms with Crippen molar-refractivity contribution in [2.24, 2.45) is 14.1 Å². The van der Waals surface area contributed by atoms with E-state index in [0.29, 0.717) is 28.5 Å². The average Bonchev–Trinajstić information content (AvgIpc) is 3.33. The minimum absolute atomic E-state index is 0.109. The number of nitrogens with zero attached hydrogens (tertiary/aromatic N) is 3. The number of hydrogen-bond donors (Lipinski definition) is 1. The lowest BCUT2D eigenvalue weighted by atomic mass is 9.78. The predicted octanol–water partition coefficient (Wildman–Crippen LogP) is 5.28. The van der Waals surface area contributed by atoms with Crippen LogP contribution in [0.4, 0.5) is 0 Å². The molecule has 0 aliphatic carbocycles. The van der Waals surface area contributed by atoms with Crippen molar-refractivity contribution in [3.05, 3.63) is 118 Å². The van der Waals surface area contributed by atoms with Crippen LogP contribution in [0.15, 0.2) is 90.1 Å². The van der Waals surface area contributed by atoms with E-state index in [9.17, 15) is 9.90 Å². The van der Waals surface area contributed by atoms with Gasteiger partial charge in [0.25, 0.3) is 5.56 Å². The maximum Gasteiger partial charge on any atom is 0.250 e. The van der Waals surface area contributed by atoms with Gasteiger partial charge in [0.05, 0.1) is 24.1 Å². The molecule has 0 spiro atoms. The standard InChI is InChI=1S/C29H26ClN3O3/c1-4-36-22-7-5-6-19(16-22)28-23-12-15-27(34)33(3)25(23)14-13-24(28)29(35,26-17-32(2)18-31-26)20-8-10-21(30)11-9-20/h5-18,35H,4H2,1-3H3. The fraction of sp³-hybridized carbons (Fsp3) is 0.172. The topological polar surface area (TPSA) is 69.3 Å². The molecule has 1 atom stereocenters. The van der Waals surface area contributed by atoms with Crippen molar-refractivity contribution < 1.29 is 9.84 Å². The number of benzene rings is 3. The molecule has 2 heterocycles. The third kappa shape index (κ3) is 3.98. The Labute approximate surface area is 214 Å². The molecule has 1 unspecified atom stereocenters. The summed E-state index contributed by atoms with van der Waals surface area (Å²) >= 11 is 6.19. The van der Waals surface area contributed by atoms with Crippen LogP contribution in [-0.2, 0) is 19.7 Å². The first kappa shape index (κ1) is 23.9. The van der Waals surface area contributed by atoms with Gasteiger partial charge >= 0.3 is 0 Å². The minimum atomic E-state index is -1.61. The first-order valence-corrected chi connectivity index (χ1v) is 12.0. The number of hydrogen-bond acceptors (Lipinski definition) is 4. The molecule has 0 aliphatic rings. The average molecular weight is 500 g/mol. The molecule has 1 N–H and O–H groups in total. The number of aryl methyl sites for hydroxylation is 2. The van der Waals surface area contributed by atoms with Crippen LogP contribution >= 0.6 is 11.6 Å². The van der Waals surface area contributed by atoms with E-state index in [1.165, 1.54) is 0 Å². The second-order valence-corrected chi connectivity index (χ2v) is 9.19. The molecule has 0 amide bonds. The summed E-state index contributed by atoms with van der Waals surface area (Å²) in [5.74, 6) is 0.718. The Bertz CT molecular complexity index is 1620. The molecule has 0 saturated carbocycles. The van der Waals surface area contributed by atoms with Gasteiger partial charge in [-0.15, -0.1) is 0 Å². The van der Waals surface area contributed by atoms with Gasteiger partial charge in [-0.3, -0.25) is 4.79 Å². The van der Waals surface area contributed by atoms with Crippen LogP contribution in [0.1, 0.15) is 23.7 Å². The summed E-state index contributed by atoms with van der Waals surface area (Å²) in [6.07, 6.45) is 3.47. The summed E-state index contributed by atoms with van der Waals surface area (Å²) < 4.78 is 9.20. The maximum atomic E-state index is 12.6. The molecule has 0 fully saturated rings. The zero-order valence-electron chi connectivity index (χ0n) is 20.3. The van der Waals surface area contributed by atoms with E-state index in [0.717, 1.165) is 27.8 Å². The molecule has 0 aliphatic heterocycles. The van der Waals surface area contributed by atoms with E-state index < -0.39 is 5.60 Å². The maximum absolute atomic E-state index is 12.6. The normalized spacial score (nSPS) is 13.0. The Morgan fingerprint density at radius 1 is 1.03 bits per heavy atom. The minimum Gasteiger partial charge on any atom is -0.494 e. The number of aliphatic hydroxyl groups is 1. The number of rotatable bonds is 6. The van der Waals surface area contributed by atoms with Crippen LogP contribution in [-0.4, -0.2) is 25.8 Å². The highest BCUT2D eigenvalue weighted by Gasteiger charge is 2.39. The second-order valence-electron chi connectivity index (χ2n) is 8.75. The van der Waals surface area contributed by atoms with Crippen LogP contribution in [0, 0.1) is 0 Å². The van der Waals surface area contributed by atoms with E-state index in [2.05, 4.69) is 4.98 Å². The van der Waals surface area contributed by atoms with Crippen LogP contribution in [0.25, 0.3) is 22.0 Å². The zero-order chi connectivity index (χ0) is 25.4. The van der Waals surface area contributed by atoms with Crippen molar-refractivity contribution in [3.63, 3.8) is 0 Å². The summed E-state index contributed by atoms with van der Waals surface area (Å²) in [6.45, 7) is 2.47. The molecule has 5 rings (SSSR count). The van der Waals surface area contributed by atoms with Crippen molar-refractivity contribution in [2.45, 2.75) is 12.5 Å². The third-order valence-corrected chi connectivity index (χ3v) is 6.72. The molecule has 182 valence electrons. The zero-order valence-corrected chi connectivity index (χ0v) is 21.0. The predicted molar refractivity (Wildman–Crippen MR) is 143 cm³/mol. The summed E-state index contributed by atoms with van der Waals surface area (Å²) in [4.78, 5) is 17.0. The van der Waals surface area contributed by atoms with Gasteiger partial charge in [-0.2, -0.15) is 0 Å². The number of pyridine rings is 1. The van der Waals surface area contributed by atoms with E-state index in [1.807, 2.05) is 68.6 Å². The van der Waals surface area contributed by atoms with Crippen LogP contribution < -0.4 is 10.3 Å². The Hall–Kier alpha value is -3.87. The van der Waals surface area contributed by atoms with Gasteiger partial charge in [-0.25, -0.2) is 4.98 Å². The van der Waals surface area contributed by atoms with Gasteiger partial charge in [-0.1, -0.05) is 41.9 Å². The highest BCUT2D eigenvalue weighted by molar-refractivity contribution is 6.30. The van der Waals surface area contributed by atoms with Gasteiger partial charge in [0.2, 0.25) is 0 Å². The van der Waals surface area contributed by atoms with Crippen molar-refractivity contribution in [2.75, 3.05) is 6.61 Å². The monoisotopic (exact) mass is 499 g/mol. The van der Waals surface area contributed by atoms with Crippen molar-refractivity contribution in [1.29, 1.82) is 0 Å². The van der Waals surface area contributed by atoms with E-state index in [4.69, 9.17) is 16.3 Å². The largest absolute Gasteiger partial charge is 0.494 e. The third-order valence-electron chi connectivity index (χ3n) is 6.47. The molecule has 3 aromatic carbocycles. The van der Waals surface area contributed by atoms with E-state index >= 15 is 0 Å². The fourth-order valence-electron chi connectivity index (χ4n) is 4.71. The Kier molecular flexibility index (Phi) is 6.16. The smallest absolute Gasteiger partial charge is 0.250 e. The van der Waals surface area contributed by atoms with Crippen LogP contribution in [0.3, 0.4) is 0 Å². The van der Waals surface area contributed by atoms with Gasteiger partial charge in [0.1, 0.15) is 5.75 Å². The van der Waals surface area contributed by atoms with Crippen LogP contribution in [0.2, 0.25) is 5.02 Å². The summed E-state index contributed by atoms with van der Waals surface area (Å²) in [7, 11) is 3.61. The van der Waals surface area contributed by atoms with Crippen LogP contribution in [0.5, 0.6) is 5.75 Å². The van der Waals surface area contributed by atoms with E-state index in [1.54, 1.807) is 46.9 Å². The summed E-state index contributed by atoms with van der Waals surface area (Å²) in [6, 6.07) is 22.0. The van der Waals surface area contributed by atoms with E-state index in [-0.39, 0.29) is 5.56 Å². The van der Waals surface area contributed by atoms with Crippen molar-refractivity contribution in [3.8, 4) is 16.9 Å². The number of aromatic nitrogens is 3. The molecule has 0 bridgehead atoms. The lowest BCUT2D eigenvalue weighted by molar-refractivity contribution is 0.122. The molecular formula is C29H26ClN3O3. The number of halogens is 1. The fourth-order valence-corrected chi connectivity index (χ4v) is 4.83. The van der Waals surface area contributed by atoms with Gasteiger partial charge in [0, 0.05) is 42.3 Å². The Morgan fingerprint density at radius 2 is 1.81 bits per heavy atom. The van der Waals surface area contributed by atoms with Gasteiger partial charge in [0.15, 0.2) is 5.60 Å². The number of ether oxygens (including phenoxy) is 1. The molecule has 6 nitrogen and oxygen atoms in total. The molecule has 36 heavy (non-hydrogen) atoms. The Morgan fingerprint density at radius 3 is 2.50 bits per heavy atom. The highest BCUT2D eigenvalue weighted by atomic mass is 35.5. The Balaban J connectivity index is 1.91. The SMILES string of the molecule is CCOc1cccc(-c2c(C(O)(c3ccc(Cl)cc3)c3cn(C)cn3)ccc3c2ccc(=O)n3C)c1. The van der Waals surface area contributed by atoms with Crippen molar-refractivity contribution in [1.82, 2.24) is 14.1 Å². The number of imidazole rings is 1. The van der Waals surface area contributed by atoms with Crippen molar-refractivity contribution >= 4 is 22.5 Å². The lowest BCUT2D eigenvalue weighted by Gasteiger charge is -2.31. The second kappa shape index (κ2) is 9.30. The van der Waals surface area contributed by atoms with Gasteiger partial charge < -0.3 is 19.0 Å². The first-order chi connectivity index (χ1) is 17.3. The summed E-state index contributed by atoms with van der Waals surface area (Å²) in [5.41, 5.74) is 2.39. The number of fused-ring (bicyclic) bond motifs is 1. The molecule has 7 heteroatoms. The molecule has 2 aromatic heterocycles. The van der Waals surface area contributed by atoms with Gasteiger partial charge in [-0.05, 0) is 60.0 Å². The first-order valence-electron chi connectivity index (χ1n) is 11.7. The molecule has 5 aromatic rings. The quantitative estimate of drug-likeness (QED) is 0.345. The lowest BCUT2D eigenvalue weighted by Crippen LogP contribution is -2.30. The summed E-state index contributed by atoms with van der Waals surface area (Å²) in [5, 5.41) is 14.0. The molecule has 0 saturated heterocycles.